The van der Waals surface area contributed by atoms with Gasteiger partial charge < -0.3 is 5.73 Å². The van der Waals surface area contributed by atoms with E-state index in [1.165, 1.54) is 29.9 Å². The fourth-order valence-corrected chi connectivity index (χ4v) is 7.39. The van der Waals surface area contributed by atoms with Crippen molar-refractivity contribution in [3.8, 4) is 0 Å². The molecule has 0 saturated carbocycles. The summed E-state index contributed by atoms with van der Waals surface area (Å²) in [5, 5.41) is 1.17. The third kappa shape index (κ3) is 3.03. The summed E-state index contributed by atoms with van der Waals surface area (Å²) in [5.74, 6) is 1.77. The van der Waals surface area contributed by atoms with Gasteiger partial charge in [-0.2, -0.15) is 0 Å². The molecule has 4 atom stereocenters. The van der Waals surface area contributed by atoms with Crippen molar-refractivity contribution in [1.82, 2.24) is 4.90 Å². The fourth-order valence-electron chi connectivity index (χ4n) is 4.38. The summed E-state index contributed by atoms with van der Waals surface area (Å²) in [6.07, 6.45) is 5.77. The number of fused-ring (bicyclic) bond motifs is 2. The number of carbonyl (C=O) groups is 1. The Morgan fingerprint density at radius 3 is 2.91 bits per heavy atom. The lowest BCUT2D eigenvalue weighted by Crippen LogP contribution is -2.43. The molecule has 1 aromatic rings. The first-order valence-electron chi connectivity index (χ1n) is 8.66. The number of carbonyl (C=O) groups excluding carboxylic acids is 1. The second kappa shape index (κ2) is 6.69. The molecule has 3 unspecified atom stereocenters. The van der Waals surface area contributed by atoms with E-state index in [0.717, 1.165) is 19.4 Å². The van der Waals surface area contributed by atoms with Crippen LogP contribution in [0.4, 0.5) is 0 Å². The van der Waals surface area contributed by atoms with Gasteiger partial charge in [0.25, 0.3) is 0 Å². The van der Waals surface area contributed by atoms with Crippen molar-refractivity contribution in [2.75, 3.05) is 12.3 Å². The minimum atomic E-state index is -0.133. The molecular weight excluding hydrogens is 324 g/mol. The quantitative estimate of drug-likeness (QED) is 0.889. The average molecular weight is 349 g/mol. The molecule has 4 rings (SSSR count). The van der Waals surface area contributed by atoms with Gasteiger partial charge in [0, 0.05) is 16.7 Å². The third-order valence-electron chi connectivity index (χ3n) is 5.48. The van der Waals surface area contributed by atoms with Crippen LogP contribution in [0.25, 0.3) is 0 Å². The van der Waals surface area contributed by atoms with Crippen molar-refractivity contribution in [2.45, 2.75) is 59.6 Å². The zero-order valence-corrected chi connectivity index (χ0v) is 15.0. The zero-order chi connectivity index (χ0) is 15.8. The second-order valence-corrected chi connectivity index (χ2v) is 9.34. The van der Waals surface area contributed by atoms with E-state index in [4.69, 9.17) is 5.73 Å². The van der Waals surface area contributed by atoms with Crippen LogP contribution in [0.3, 0.4) is 0 Å². The van der Waals surface area contributed by atoms with Crippen molar-refractivity contribution >= 4 is 29.4 Å². The van der Waals surface area contributed by atoms with Crippen molar-refractivity contribution in [1.29, 1.82) is 0 Å². The van der Waals surface area contributed by atoms with Gasteiger partial charge in [-0.1, -0.05) is 18.2 Å². The number of hydrogen-bond donors (Lipinski definition) is 1. The first-order valence-corrected chi connectivity index (χ1v) is 10.6. The Labute approximate surface area is 146 Å². The lowest BCUT2D eigenvalue weighted by atomic mass is 9.90. The standard InChI is InChI=1S/C18H24N2OS2/c19-18(21)14-7-8-17-20(14)10-3-6-16(23-17)13-9-11-22-15-5-2-1-4-12(13)15/h1-2,4-5,13-14,16-17H,3,6-11H2,(H2,19,21)/t13-,14?,16?,17?/m1/s1. The van der Waals surface area contributed by atoms with E-state index in [9.17, 15) is 4.79 Å². The maximum atomic E-state index is 11.7. The first kappa shape index (κ1) is 15.9. The van der Waals surface area contributed by atoms with Gasteiger partial charge in [0.1, 0.15) is 0 Å². The molecule has 0 aliphatic carbocycles. The van der Waals surface area contributed by atoms with Crippen LogP contribution < -0.4 is 5.73 Å². The summed E-state index contributed by atoms with van der Waals surface area (Å²) in [5.41, 5.74) is 7.16. The molecule has 3 aliphatic rings. The summed E-state index contributed by atoms with van der Waals surface area (Å²) in [6.45, 7) is 1.03. The monoisotopic (exact) mass is 348 g/mol. The number of nitrogens with two attached hydrogens (primary N) is 1. The number of nitrogens with zero attached hydrogens (tertiary/aromatic N) is 1. The molecule has 0 aromatic heterocycles. The molecule has 5 heteroatoms. The van der Waals surface area contributed by atoms with Crippen LogP contribution in [0.1, 0.15) is 43.6 Å². The number of primary amides is 1. The number of hydrogen-bond acceptors (Lipinski definition) is 4. The molecule has 0 bridgehead atoms. The zero-order valence-electron chi connectivity index (χ0n) is 13.3. The molecule has 1 aromatic carbocycles. The molecule has 3 aliphatic heterocycles. The van der Waals surface area contributed by atoms with Crippen molar-refractivity contribution in [3.05, 3.63) is 29.8 Å². The largest absolute Gasteiger partial charge is 0.368 e. The van der Waals surface area contributed by atoms with Crippen molar-refractivity contribution in [3.63, 3.8) is 0 Å². The Morgan fingerprint density at radius 1 is 1.17 bits per heavy atom. The topological polar surface area (TPSA) is 46.3 Å². The maximum absolute atomic E-state index is 11.7. The van der Waals surface area contributed by atoms with Crippen LogP contribution >= 0.6 is 23.5 Å². The first-order chi connectivity index (χ1) is 11.2. The van der Waals surface area contributed by atoms with Crippen LogP contribution in [-0.4, -0.2) is 39.8 Å². The van der Waals surface area contributed by atoms with E-state index in [1.807, 2.05) is 11.8 Å². The second-order valence-electron chi connectivity index (χ2n) is 6.79. The number of benzene rings is 1. The predicted octanol–water partition coefficient (Wildman–Crippen LogP) is 3.44. The molecule has 2 fully saturated rings. The lowest BCUT2D eigenvalue weighted by molar-refractivity contribution is -0.122. The Hall–Kier alpha value is -0.650. The molecule has 2 saturated heterocycles. The van der Waals surface area contributed by atoms with Crippen LogP contribution in [-0.2, 0) is 4.79 Å². The highest BCUT2D eigenvalue weighted by molar-refractivity contribution is 8.00. The highest BCUT2D eigenvalue weighted by Crippen LogP contribution is 2.48. The van der Waals surface area contributed by atoms with Gasteiger partial charge in [-0.15, -0.1) is 23.5 Å². The molecule has 0 radical (unpaired) electrons. The van der Waals surface area contributed by atoms with Gasteiger partial charge in [-0.25, -0.2) is 0 Å². The highest BCUT2D eigenvalue weighted by atomic mass is 32.2. The molecule has 124 valence electrons. The summed E-state index contributed by atoms with van der Waals surface area (Å²) in [7, 11) is 0. The number of rotatable bonds is 2. The Bertz CT molecular complexity index is 594. The molecule has 3 heterocycles. The van der Waals surface area contributed by atoms with E-state index in [1.54, 1.807) is 5.56 Å². The summed E-state index contributed by atoms with van der Waals surface area (Å²) >= 11 is 4.13. The molecular formula is C18H24N2OS2. The summed E-state index contributed by atoms with van der Waals surface area (Å²) < 4.78 is 0. The normalized spacial score (nSPS) is 34.4. The van der Waals surface area contributed by atoms with Gasteiger partial charge in [0.15, 0.2) is 0 Å². The van der Waals surface area contributed by atoms with Crippen molar-refractivity contribution < 1.29 is 4.79 Å². The average Bonchev–Trinajstić information content (AvgIpc) is 2.85. The minimum absolute atomic E-state index is 0.0274. The maximum Gasteiger partial charge on any atom is 0.234 e. The third-order valence-corrected chi connectivity index (χ3v) is 8.33. The van der Waals surface area contributed by atoms with Crippen molar-refractivity contribution in [2.24, 2.45) is 5.73 Å². The van der Waals surface area contributed by atoms with Gasteiger partial charge in [-0.05, 0) is 55.4 Å². The Balaban J connectivity index is 1.54. The molecule has 1 amide bonds. The summed E-state index contributed by atoms with van der Waals surface area (Å²) in [6, 6.07) is 8.92. The van der Waals surface area contributed by atoms with E-state index in [-0.39, 0.29) is 11.9 Å². The van der Waals surface area contributed by atoms with E-state index in [0.29, 0.717) is 16.5 Å². The smallest absolute Gasteiger partial charge is 0.234 e. The SMILES string of the molecule is NC(=O)C1CCC2SC([C@@H]3CCSc4ccccc43)CCCN21. The number of amides is 1. The molecule has 0 spiro atoms. The van der Waals surface area contributed by atoms with Crippen LogP contribution in [0.15, 0.2) is 29.2 Å². The Morgan fingerprint density at radius 2 is 2.04 bits per heavy atom. The Kier molecular flexibility index (Phi) is 4.61. The lowest BCUT2D eigenvalue weighted by Gasteiger charge is -2.33. The van der Waals surface area contributed by atoms with Crippen LogP contribution in [0.5, 0.6) is 0 Å². The van der Waals surface area contributed by atoms with Gasteiger partial charge >= 0.3 is 0 Å². The molecule has 3 nitrogen and oxygen atoms in total. The van der Waals surface area contributed by atoms with Crippen LogP contribution in [0, 0.1) is 0 Å². The summed E-state index contributed by atoms with van der Waals surface area (Å²) in [4.78, 5) is 15.5. The number of thioether (sulfide) groups is 2. The molecule has 2 N–H and O–H groups in total. The van der Waals surface area contributed by atoms with Gasteiger partial charge in [-0.3, -0.25) is 9.69 Å². The van der Waals surface area contributed by atoms with Gasteiger partial charge in [0.05, 0.1) is 11.4 Å². The highest BCUT2D eigenvalue weighted by Gasteiger charge is 2.41. The van der Waals surface area contributed by atoms with E-state index in [2.05, 4.69) is 40.9 Å². The van der Waals surface area contributed by atoms with E-state index < -0.39 is 0 Å². The van der Waals surface area contributed by atoms with E-state index >= 15 is 0 Å². The predicted molar refractivity (Wildman–Crippen MR) is 97.8 cm³/mol. The molecule has 23 heavy (non-hydrogen) atoms. The van der Waals surface area contributed by atoms with Gasteiger partial charge in [0.2, 0.25) is 5.91 Å². The fraction of sp³-hybridized carbons (Fsp3) is 0.611. The van der Waals surface area contributed by atoms with Crippen LogP contribution in [0.2, 0.25) is 0 Å². The minimum Gasteiger partial charge on any atom is -0.368 e.